The number of amides is 6. The predicted molar refractivity (Wildman–Crippen MR) is 187 cm³/mol. The van der Waals surface area contributed by atoms with Crippen LogP contribution in [0.2, 0.25) is 0 Å². The van der Waals surface area contributed by atoms with E-state index in [1.165, 1.54) is 11.8 Å². The van der Waals surface area contributed by atoms with Gasteiger partial charge in [-0.15, -0.1) is 0 Å². The fourth-order valence-electron chi connectivity index (χ4n) is 4.11. The van der Waals surface area contributed by atoms with Crippen LogP contribution >= 0.6 is 24.4 Å². The van der Waals surface area contributed by atoms with E-state index >= 15 is 0 Å². The second-order valence-corrected chi connectivity index (χ2v) is 14.0. The first-order chi connectivity index (χ1) is 23.6. The normalized spacial score (nSPS) is 14.0. The third-order valence-corrected chi connectivity index (χ3v) is 7.50. The molecule has 0 aromatic carbocycles. The summed E-state index contributed by atoms with van der Waals surface area (Å²) in [6.07, 6.45) is -0.842. The van der Waals surface area contributed by atoms with Crippen LogP contribution in [0, 0.1) is 5.92 Å². The van der Waals surface area contributed by atoms with Crippen molar-refractivity contribution in [2.75, 3.05) is 24.3 Å². The number of alkyl carbamates (subject to hydrolysis) is 1. The summed E-state index contributed by atoms with van der Waals surface area (Å²) in [6, 6.07) is -7.10. The molecule has 0 aliphatic heterocycles. The standard InChI is InChI=1S/C30H50N6O13S2/c1-15(2)11-19(28(46)47)35-25(43)16(7-8-22(38)39)33-27(45)20(14-50)32-21(37)13-31-24(42)18(12-23(40)41)34-26(44)17(9-10-51-6)36-29(48)49-30(3,4)5/h15-20,50H,7-14H2,1-6H3,(H,31,42)(H,32,37)(H,33,45)(H,34,44)(H,35,43)(H,36,48)(H,38,39)(H,40,41)(H,46,47). The Balaban J connectivity index is 5.61. The largest absolute Gasteiger partial charge is 0.481 e. The monoisotopic (exact) mass is 766 g/mol. The minimum atomic E-state index is -1.68. The second kappa shape index (κ2) is 23.3. The molecule has 0 aromatic heterocycles. The summed E-state index contributed by atoms with van der Waals surface area (Å²) in [4.78, 5) is 111. The summed E-state index contributed by atoms with van der Waals surface area (Å²) in [5.41, 5.74) is -0.876. The zero-order valence-corrected chi connectivity index (χ0v) is 31.1. The maximum absolute atomic E-state index is 13.0. The van der Waals surface area contributed by atoms with Gasteiger partial charge in [0, 0.05) is 12.2 Å². The highest BCUT2D eigenvalue weighted by Crippen LogP contribution is 2.10. The molecule has 0 bridgehead atoms. The van der Waals surface area contributed by atoms with Gasteiger partial charge in [0.25, 0.3) is 0 Å². The highest BCUT2D eigenvalue weighted by molar-refractivity contribution is 7.98. The molecule has 0 heterocycles. The number of carboxylic acids is 3. The van der Waals surface area contributed by atoms with Crippen LogP contribution in [0.1, 0.15) is 66.7 Å². The van der Waals surface area contributed by atoms with Gasteiger partial charge in [0.05, 0.1) is 13.0 Å². The van der Waals surface area contributed by atoms with Crippen LogP contribution in [0.5, 0.6) is 0 Å². The molecule has 0 spiro atoms. The van der Waals surface area contributed by atoms with Gasteiger partial charge in [-0.05, 0) is 58.0 Å². The Morgan fingerprint density at radius 2 is 1.24 bits per heavy atom. The molecule has 0 rings (SSSR count). The van der Waals surface area contributed by atoms with Gasteiger partial charge >= 0.3 is 24.0 Å². The molecule has 9 N–H and O–H groups in total. The summed E-state index contributed by atoms with van der Waals surface area (Å²) in [5.74, 6) is -8.98. The van der Waals surface area contributed by atoms with Gasteiger partial charge in [-0.1, -0.05) is 13.8 Å². The van der Waals surface area contributed by atoms with Crippen molar-refractivity contribution in [2.45, 2.75) is 103 Å². The van der Waals surface area contributed by atoms with Crippen molar-refractivity contribution in [3.05, 3.63) is 0 Å². The smallest absolute Gasteiger partial charge is 0.408 e. The van der Waals surface area contributed by atoms with Gasteiger partial charge in [0.15, 0.2) is 0 Å². The lowest BCUT2D eigenvalue weighted by atomic mass is 10.0. The molecule has 19 nitrogen and oxygen atoms in total. The van der Waals surface area contributed by atoms with E-state index in [-0.39, 0.29) is 24.5 Å². The van der Waals surface area contributed by atoms with Crippen molar-refractivity contribution in [1.29, 1.82) is 0 Å². The van der Waals surface area contributed by atoms with Crippen LogP contribution in [0.4, 0.5) is 4.79 Å². The van der Waals surface area contributed by atoms with Crippen molar-refractivity contribution < 1.29 is 63.2 Å². The Bertz CT molecular complexity index is 1260. The average molecular weight is 767 g/mol. The summed E-state index contributed by atoms with van der Waals surface area (Å²) in [7, 11) is 0. The topological polar surface area (TPSA) is 296 Å². The van der Waals surface area contributed by atoms with E-state index in [1.54, 1.807) is 40.9 Å². The Hall–Kier alpha value is -4.27. The third kappa shape index (κ3) is 20.9. The van der Waals surface area contributed by atoms with Crippen molar-refractivity contribution in [3.63, 3.8) is 0 Å². The molecule has 0 aromatic rings. The number of hydrogen-bond donors (Lipinski definition) is 10. The van der Waals surface area contributed by atoms with E-state index in [0.29, 0.717) is 5.75 Å². The summed E-state index contributed by atoms with van der Waals surface area (Å²) in [5, 5.41) is 41.5. The number of thioether (sulfide) groups is 1. The van der Waals surface area contributed by atoms with Crippen LogP contribution in [-0.4, -0.2) is 129 Å². The molecule has 0 saturated heterocycles. The molecule has 21 heteroatoms. The van der Waals surface area contributed by atoms with Gasteiger partial charge in [-0.25, -0.2) is 9.59 Å². The van der Waals surface area contributed by atoms with Crippen LogP contribution in [-0.2, 0) is 43.1 Å². The second-order valence-electron chi connectivity index (χ2n) is 12.7. The fourth-order valence-corrected chi connectivity index (χ4v) is 4.84. The summed E-state index contributed by atoms with van der Waals surface area (Å²) < 4.78 is 5.17. The number of aliphatic carboxylic acids is 3. The third-order valence-electron chi connectivity index (χ3n) is 6.49. The summed E-state index contributed by atoms with van der Waals surface area (Å²) >= 11 is 5.39. The molecule has 0 aliphatic carbocycles. The molecule has 5 unspecified atom stereocenters. The van der Waals surface area contributed by atoms with Crippen LogP contribution < -0.4 is 31.9 Å². The number of thiol groups is 1. The lowest BCUT2D eigenvalue weighted by Crippen LogP contribution is -2.58. The molecule has 51 heavy (non-hydrogen) atoms. The van der Waals surface area contributed by atoms with Gasteiger partial charge < -0.3 is 52.0 Å². The Morgan fingerprint density at radius 1 is 0.706 bits per heavy atom. The molecule has 0 aliphatic rings. The van der Waals surface area contributed by atoms with Gasteiger partial charge in [-0.3, -0.25) is 33.6 Å². The van der Waals surface area contributed by atoms with Gasteiger partial charge in [0.1, 0.15) is 35.8 Å². The highest BCUT2D eigenvalue weighted by Gasteiger charge is 2.32. The minimum absolute atomic E-state index is 0.0558. The first kappa shape index (κ1) is 46.7. The van der Waals surface area contributed by atoms with E-state index in [4.69, 9.17) is 9.84 Å². The van der Waals surface area contributed by atoms with E-state index in [9.17, 15) is 53.4 Å². The van der Waals surface area contributed by atoms with Gasteiger partial charge in [-0.2, -0.15) is 24.4 Å². The number of hydrogen-bond acceptors (Lipinski definition) is 12. The fraction of sp³-hybridized carbons (Fsp3) is 0.700. The Labute approximate surface area is 305 Å². The predicted octanol–water partition coefficient (Wildman–Crippen LogP) is -0.912. The maximum Gasteiger partial charge on any atom is 0.408 e. The lowest BCUT2D eigenvalue weighted by molar-refractivity contribution is -0.143. The molecule has 290 valence electrons. The molecule has 0 saturated carbocycles. The van der Waals surface area contributed by atoms with E-state index in [1.807, 2.05) is 0 Å². The van der Waals surface area contributed by atoms with Crippen molar-refractivity contribution >= 4 is 77.9 Å². The number of rotatable bonds is 23. The molecule has 0 fully saturated rings. The molecule has 5 atom stereocenters. The van der Waals surface area contributed by atoms with Gasteiger partial charge in [0.2, 0.25) is 29.5 Å². The zero-order valence-electron chi connectivity index (χ0n) is 29.4. The lowest BCUT2D eigenvalue weighted by Gasteiger charge is -2.25. The zero-order chi connectivity index (χ0) is 39.5. The first-order valence-corrected chi connectivity index (χ1v) is 17.9. The summed E-state index contributed by atoms with van der Waals surface area (Å²) in [6.45, 7) is 7.50. The van der Waals surface area contributed by atoms with E-state index in [0.717, 1.165) is 0 Å². The number of ether oxygens (including phenoxy) is 1. The van der Waals surface area contributed by atoms with Crippen molar-refractivity contribution in [3.8, 4) is 0 Å². The Kier molecular flexibility index (Phi) is 21.3. The van der Waals surface area contributed by atoms with Crippen molar-refractivity contribution in [1.82, 2.24) is 31.9 Å². The number of carboxylic acid groups (broad SMARTS) is 3. The maximum atomic E-state index is 13.0. The van der Waals surface area contributed by atoms with E-state index in [2.05, 4.69) is 44.5 Å². The van der Waals surface area contributed by atoms with Crippen LogP contribution in [0.25, 0.3) is 0 Å². The van der Waals surface area contributed by atoms with Crippen molar-refractivity contribution in [2.24, 2.45) is 5.92 Å². The van der Waals surface area contributed by atoms with Crippen LogP contribution in [0.3, 0.4) is 0 Å². The Morgan fingerprint density at radius 3 is 1.71 bits per heavy atom. The molecular formula is C30H50N6O13S2. The molecular weight excluding hydrogens is 716 g/mol. The average Bonchev–Trinajstić information content (AvgIpc) is 3.00. The number of carbonyl (C=O) groups is 9. The van der Waals surface area contributed by atoms with E-state index < -0.39 is 115 Å². The first-order valence-electron chi connectivity index (χ1n) is 15.8. The minimum Gasteiger partial charge on any atom is -0.481 e. The molecule has 6 amide bonds. The number of carbonyl (C=O) groups excluding carboxylic acids is 6. The number of nitrogens with one attached hydrogen (secondary N) is 6. The van der Waals surface area contributed by atoms with Crippen LogP contribution in [0.15, 0.2) is 0 Å². The SMILES string of the molecule is CSCCC(NC(=O)OC(C)(C)C)C(=O)NC(CC(=O)O)C(=O)NCC(=O)NC(CS)C(=O)NC(CCC(=O)O)C(=O)NC(CC(C)C)C(=O)O. The quantitative estimate of drug-likeness (QED) is 0.0564. The highest BCUT2D eigenvalue weighted by atomic mass is 32.2. The molecule has 0 radical (unpaired) electrons.